The Labute approximate surface area is 193 Å². The van der Waals surface area contributed by atoms with Crippen molar-refractivity contribution in [3.63, 3.8) is 0 Å². The van der Waals surface area contributed by atoms with Gasteiger partial charge in [0, 0.05) is 23.4 Å². The maximum atomic E-state index is 13.1. The molecule has 0 radical (unpaired) electrons. The van der Waals surface area contributed by atoms with Gasteiger partial charge in [-0.1, -0.05) is 73.6 Å². The highest BCUT2D eigenvalue weighted by molar-refractivity contribution is 5.95. The number of anilines is 1. The molecule has 0 atom stereocenters. The minimum absolute atomic E-state index is 0.0175. The SMILES string of the molecule is Cc1ccccc1-n1nc(C(C)(C)C)cc1NC(=O)CN(CCC(C)C)C(=O)C(C)(C)C. The number of aryl methyl sites for hydroxylation is 1. The van der Waals surface area contributed by atoms with Crippen LogP contribution in [0.25, 0.3) is 5.69 Å². The number of carbonyl (C=O) groups excluding carboxylic acids is 2. The number of carbonyl (C=O) groups is 2. The summed E-state index contributed by atoms with van der Waals surface area (Å²) >= 11 is 0. The van der Waals surface area contributed by atoms with Crippen LogP contribution in [-0.2, 0) is 15.0 Å². The fraction of sp³-hybridized carbons (Fsp3) is 0.577. The summed E-state index contributed by atoms with van der Waals surface area (Å²) in [4.78, 5) is 27.7. The van der Waals surface area contributed by atoms with Crippen LogP contribution in [0, 0.1) is 18.3 Å². The summed E-state index contributed by atoms with van der Waals surface area (Å²) in [6.45, 7) is 18.8. The fourth-order valence-corrected chi connectivity index (χ4v) is 3.32. The van der Waals surface area contributed by atoms with Crippen molar-refractivity contribution >= 4 is 17.6 Å². The number of hydrogen-bond donors (Lipinski definition) is 1. The predicted octanol–water partition coefficient (Wildman–Crippen LogP) is 5.34. The van der Waals surface area contributed by atoms with Gasteiger partial charge < -0.3 is 10.2 Å². The van der Waals surface area contributed by atoms with Crippen LogP contribution in [0.1, 0.15) is 73.1 Å². The van der Waals surface area contributed by atoms with E-state index in [1.54, 1.807) is 9.58 Å². The van der Waals surface area contributed by atoms with E-state index >= 15 is 0 Å². The lowest BCUT2D eigenvalue weighted by atomic mass is 9.92. The van der Waals surface area contributed by atoms with Gasteiger partial charge in [-0.05, 0) is 30.9 Å². The first-order valence-electron chi connectivity index (χ1n) is 11.5. The fourth-order valence-electron chi connectivity index (χ4n) is 3.32. The molecule has 0 bridgehead atoms. The molecule has 0 saturated carbocycles. The number of nitrogens with zero attached hydrogens (tertiary/aromatic N) is 3. The van der Waals surface area contributed by atoms with Crippen LogP contribution in [-0.4, -0.2) is 39.6 Å². The Morgan fingerprint density at radius 3 is 2.25 bits per heavy atom. The minimum atomic E-state index is -0.542. The quantitative estimate of drug-likeness (QED) is 0.632. The van der Waals surface area contributed by atoms with E-state index in [9.17, 15) is 9.59 Å². The molecule has 0 unspecified atom stereocenters. The normalized spacial score (nSPS) is 12.2. The number of nitrogens with one attached hydrogen (secondary N) is 1. The lowest BCUT2D eigenvalue weighted by Gasteiger charge is -2.29. The molecule has 1 N–H and O–H groups in total. The molecule has 1 aromatic heterocycles. The molecular weight excluding hydrogens is 400 g/mol. The van der Waals surface area contributed by atoms with Gasteiger partial charge >= 0.3 is 0 Å². The first kappa shape index (κ1) is 25.6. The molecular formula is C26H40N4O2. The molecule has 1 aromatic carbocycles. The first-order chi connectivity index (χ1) is 14.7. The molecule has 0 spiro atoms. The zero-order valence-electron chi connectivity index (χ0n) is 21.2. The number of hydrogen-bond acceptors (Lipinski definition) is 3. The van der Waals surface area contributed by atoms with Gasteiger partial charge in [-0.3, -0.25) is 9.59 Å². The van der Waals surface area contributed by atoms with E-state index in [0.717, 1.165) is 23.4 Å². The van der Waals surface area contributed by atoms with Gasteiger partial charge in [-0.15, -0.1) is 0 Å². The van der Waals surface area contributed by atoms with Crippen molar-refractivity contribution in [2.75, 3.05) is 18.4 Å². The Kier molecular flexibility index (Phi) is 7.92. The van der Waals surface area contributed by atoms with Gasteiger partial charge in [0.25, 0.3) is 0 Å². The van der Waals surface area contributed by atoms with E-state index in [1.165, 1.54) is 0 Å². The number of para-hydroxylation sites is 1. The van der Waals surface area contributed by atoms with E-state index in [4.69, 9.17) is 5.10 Å². The third kappa shape index (κ3) is 6.68. The van der Waals surface area contributed by atoms with Crippen molar-refractivity contribution in [1.82, 2.24) is 14.7 Å². The number of benzene rings is 1. The largest absolute Gasteiger partial charge is 0.333 e. The van der Waals surface area contributed by atoms with Gasteiger partial charge in [0.1, 0.15) is 5.82 Å². The first-order valence-corrected chi connectivity index (χ1v) is 11.5. The molecule has 6 nitrogen and oxygen atoms in total. The Hall–Kier alpha value is -2.63. The molecule has 0 fully saturated rings. The summed E-state index contributed by atoms with van der Waals surface area (Å²) in [7, 11) is 0. The van der Waals surface area contributed by atoms with Crippen LogP contribution in [0.5, 0.6) is 0 Å². The number of amides is 2. The van der Waals surface area contributed by atoms with Crippen LogP contribution in [0.2, 0.25) is 0 Å². The molecule has 0 aliphatic heterocycles. The molecule has 176 valence electrons. The summed E-state index contributed by atoms with van der Waals surface area (Å²) in [5.74, 6) is 0.823. The molecule has 2 aromatic rings. The van der Waals surface area contributed by atoms with E-state index in [0.29, 0.717) is 18.3 Å². The van der Waals surface area contributed by atoms with Gasteiger partial charge in [0.15, 0.2) is 0 Å². The van der Waals surface area contributed by atoms with Gasteiger partial charge in [-0.2, -0.15) is 5.10 Å². The molecule has 0 aliphatic rings. The maximum Gasteiger partial charge on any atom is 0.245 e. The number of aromatic nitrogens is 2. The van der Waals surface area contributed by atoms with E-state index in [2.05, 4.69) is 39.9 Å². The van der Waals surface area contributed by atoms with Crippen molar-refractivity contribution in [1.29, 1.82) is 0 Å². The highest BCUT2D eigenvalue weighted by Gasteiger charge is 2.29. The topological polar surface area (TPSA) is 67.2 Å². The smallest absolute Gasteiger partial charge is 0.245 e. The van der Waals surface area contributed by atoms with Gasteiger partial charge in [0.05, 0.1) is 17.9 Å². The van der Waals surface area contributed by atoms with E-state index < -0.39 is 5.41 Å². The number of rotatable bonds is 7. The lowest BCUT2D eigenvalue weighted by Crippen LogP contribution is -2.44. The van der Waals surface area contributed by atoms with Gasteiger partial charge in [-0.25, -0.2) is 4.68 Å². The molecule has 0 aliphatic carbocycles. The standard InChI is InChI=1S/C26H40N4O2/c1-18(2)14-15-29(24(32)26(7,8)9)17-23(31)27-22-16-21(25(4,5)6)28-30(22)20-13-11-10-12-19(20)3/h10-13,16,18H,14-15,17H2,1-9H3,(H,27,31). The molecule has 2 amide bonds. The third-order valence-electron chi connectivity index (χ3n) is 5.33. The van der Waals surface area contributed by atoms with Crippen LogP contribution in [0.4, 0.5) is 5.82 Å². The zero-order chi connectivity index (χ0) is 24.3. The Balaban J connectivity index is 2.33. The highest BCUT2D eigenvalue weighted by Crippen LogP contribution is 2.27. The maximum absolute atomic E-state index is 13.1. The molecule has 0 saturated heterocycles. The van der Waals surface area contributed by atoms with Crippen LogP contribution < -0.4 is 5.32 Å². The Morgan fingerprint density at radius 1 is 1.09 bits per heavy atom. The molecule has 1 heterocycles. The second-order valence-corrected chi connectivity index (χ2v) is 11.1. The summed E-state index contributed by atoms with van der Waals surface area (Å²) in [6.07, 6.45) is 0.852. The van der Waals surface area contributed by atoms with Crippen molar-refractivity contribution in [3.05, 3.63) is 41.6 Å². The van der Waals surface area contributed by atoms with Crippen molar-refractivity contribution < 1.29 is 9.59 Å². The summed E-state index contributed by atoms with van der Waals surface area (Å²) in [5, 5.41) is 7.82. The van der Waals surface area contributed by atoms with Gasteiger partial charge in [0.2, 0.25) is 11.8 Å². The van der Waals surface area contributed by atoms with Crippen LogP contribution in [0.3, 0.4) is 0 Å². The van der Waals surface area contributed by atoms with Crippen molar-refractivity contribution in [3.8, 4) is 5.69 Å². The molecule has 32 heavy (non-hydrogen) atoms. The van der Waals surface area contributed by atoms with Crippen molar-refractivity contribution in [2.45, 2.75) is 74.1 Å². The van der Waals surface area contributed by atoms with Crippen LogP contribution >= 0.6 is 0 Å². The lowest BCUT2D eigenvalue weighted by molar-refractivity contribution is -0.142. The minimum Gasteiger partial charge on any atom is -0.333 e. The van der Waals surface area contributed by atoms with Crippen molar-refractivity contribution in [2.24, 2.45) is 11.3 Å². The monoisotopic (exact) mass is 440 g/mol. The third-order valence-corrected chi connectivity index (χ3v) is 5.33. The Bertz CT molecular complexity index is 945. The second-order valence-electron chi connectivity index (χ2n) is 11.1. The second kappa shape index (κ2) is 9.88. The average molecular weight is 441 g/mol. The average Bonchev–Trinajstić information content (AvgIpc) is 3.08. The Morgan fingerprint density at radius 2 is 1.72 bits per heavy atom. The predicted molar refractivity (Wildman–Crippen MR) is 131 cm³/mol. The van der Waals surface area contributed by atoms with Crippen LogP contribution in [0.15, 0.2) is 30.3 Å². The molecule has 2 rings (SSSR count). The zero-order valence-corrected chi connectivity index (χ0v) is 21.2. The summed E-state index contributed by atoms with van der Waals surface area (Å²) in [5.41, 5.74) is 2.16. The summed E-state index contributed by atoms with van der Waals surface area (Å²) in [6, 6.07) is 9.88. The summed E-state index contributed by atoms with van der Waals surface area (Å²) < 4.78 is 1.79. The molecule has 6 heteroatoms. The van der Waals surface area contributed by atoms with E-state index in [-0.39, 0.29) is 23.8 Å². The highest BCUT2D eigenvalue weighted by atomic mass is 16.2. The van der Waals surface area contributed by atoms with E-state index in [1.807, 2.05) is 58.0 Å².